The third kappa shape index (κ3) is 5.07. The fraction of sp³-hybridized carbons (Fsp3) is 0.259. The summed E-state index contributed by atoms with van der Waals surface area (Å²) < 4.78 is 8.17. The second-order valence-corrected chi connectivity index (χ2v) is 8.41. The zero-order chi connectivity index (χ0) is 23.4. The molecule has 0 aliphatic heterocycles. The summed E-state index contributed by atoms with van der Waals surface area (Å²) >= 11 is 0. The highest BCUT2D eigenvalue weighted by Gasteiger charge is 2.15. The number of nitrogens with two attached hydrogens (primary N) is 1. The molecule has 4 aromatic rings. The van der Waals surface area contributed by atoms with Gasteiger partial charge in [0.05, 0.1) is 5.52 Å². The van der Waals surface area contributed by atoms with Crippen LogP contribution in [0.25, 0.3) is 22.0 Å². The Bertz CT molecular complexity index is 1280. The van der Waals surface area contributed by atoms with Gasteiger partial charge in [-0.15, -0.1) is 0 Å². The maximum Gasteiger partial charge on any atom is 0.303 e. The van der Waals surface area contributed by atoms with Crippen LogP contribution in [0.5, 0.6) is 5.75 Å². The van der Waals surface area contributed by atoms with Gasteiger partial charge >= 0.3 is 5.97 Å². The second kappa shape index (κ2) is 9.88. The van der Waals surface area contributed by atoms with Crippen LogP contribution in [0.1, 0.15) is 43.1 Å². The Kier molecular flexibility index (Phi) is 6.75. The van der Waals surface area contributed by atoms with Crippen LogP contribution in [-0.4, -0.2) is 20.9 Å². The first kappa shape index (κ1) is 22.6. The molecule has 33 heavy (non-hydrogen) atoms. The van der Waals surface area contributed by atoms with Crippen molar-refractivity contribution in [2.75, 3.05) is 0 Å². The van der Waals surface area contributed by atoms with E-state index in [2.05, 4.69) is 44.2 Å². The van der Waals surface area contributed by atoms with Crippen molar-refractivity contribution in [3.63, 3.8) is 0 Å². The number of carbonyl (C=O) groups is 1. The molecule has 6 nitrogen and oxygen atoms in total. The molecular weight excluding hydrogens is 414 g/mol. The number of ether oxygens (including phenoxy) is 1. The molecule has 0 saturated heterocycles. The van der Waals surface area contributed by atoms with Crippen LogP contribution in [0.15, 0.2) is 66.7 Å². The van der Waals surface area contributed by atoms with Gasteiger partial charge in [0, 0.05) is 24.4 Å². The Labute approximate surface area is 193 Å². The van der Waals surface area contributed by atoms with Crippen LogP contribution in [-0.2, 0) is 24.4 Å². The number of fused-ring (bicyclic) bond motifs is 1. The Balaban J connectivity index is 1.68. The number of aryl methyl sites for hydroxylation is 1. The third-order valence-electron chi connectivity index (χ3n) is 5.71. The maximum absolute atomic E-state index is 11.0. The minimum Gasteiger partial charge on any atom is -0.487 e. The Morgan fingerprint density at radius 2 is 1.85 bits per heavy atom. The fourth-order valence-electron chi connectivity index (χ4n) is 4.00. The van der Waals surface area contributed by atoms with Crippen molar-refractivity contribution in [3.8, 4) is 16.9 Å². The lowest BCUT2D eigenvalue weighted by molar-refractivity contribution is -0.136. The van der Waals surface area contributed by atoms with Crippen molar-refractivity contribution in [3.05, 3.63) is 83.6 Å². The monoisotopic (exact) mass is 443 g/mol. The van der Waals surface area contributed by atoms with Gasteiger partial charge in [-0.3, -0.25) is 9.48 Å². The molecule has 170 valence electrons. The molecule has 6 heteroatoms. The van der Waals surface area contributed by atoms with Gasteiger partial charge in [-0.25, -0.2) is 0 Å². The number of hydrogen-bond donors (Lipinski definition) is 2. The molecule has 0 radical (unpaired) electrons. The molecule has 0 saturated carbocycles. The highest BCUT2D eigenvalue weighted by atomic mass is 16.5. The summed E-state index contributed by atoms with van der Waals surface area (Å²) in [6, 6.07) is 22.4. The first-order valence-electron chi connectivity index (χ1n) is 11.2. The zero-order valence-electron chi connectivity index (χ0n) is 19.0. The summed E-state index contributed by atoms with van der Waals surface area (Å²) in [7, 11) is 0. The first-order chi connectivity index (χ1) is 16.0. The lowest BCUT2D eigenvalue weighted by Gasteiger charge is -2.10. The van der Waals surface area contributed by atoms with E-state index in [9.17, 15) is 4.79 Å². The van der Waals surface area contributed by atoms with Crippen LogP contribution < -0.4 is 10.5 Å². The summed E-state index contributed by atoms with van der Waals surface area (Å²) in [5.41, 5.74) is 11.9. The number of carboxylic acid groups (broad SMARTS) is 1. The Hall–Kier alpha value is -3.64. The van der Waals surface area contributed by atoms with E-state index in [4.69, 9.17) is 20.7 Å². The van der Waals surface area contributed by atoms with Crippen LogP contribution in [0.2, 0.25) is 0 Å². The molecule has 0 amide bonds. The Morgan fingerprint density at radius 1 is 1.06 bits per heavy atom. The first-order valence-corrected chi connectivity index (χ1v) is 11.2. The van der Waals surface area contributed by atoms with E-state index >= 15 is 0 Å². The molecule has 0 atom stereocenters. The predicted octanol–water partition coefficient (Wildman–Crippen LogP) is 5.34. The van der Waals surface area contributed by atoms with E-state index in [1.807, 2.05) is 41.1 Å². The van der Waals surface area contributed by atoms with E-state index in [-0.39, 0.29) is 12.5 Å². The van der Waals surface area contributed by atoms with Crippen molar-refractivity contribution >= 4 is 16.9 Å². The van der Waals surface area contributed by atoms with Crippen molar-refractivity contribution < 1.29 is 14.6 Å². The summed E-state index contributed by atoms with van der Waals surface area (Å²) in [6.45, 7) is 5.02. The minimum atomic E-state index is -0.822. The summed E-state index contributed by atoms with van der Waals surface area (Å²) in [5, 5.41) is 14.9. The van der Waals surface area contributed by atoms with E-state index in [1.165, 1.54) is 0 Å². The molecule has 0 aliphatic carbocycles. The molecule has 1 aromatic heterocycles. The van der Waals surface area contributed by atoms with Crippen LogP contribution in [0, 0.1) is 0 Å². The number of rotatable bonds is 9. The fourth-order valence-corrected chi connectivity index (χ4v) is 4.00. The molecular formula is C27H29N3O3. The smallest absolute Gasteiger partial charge is 0.303 e. The molecule has 4 rings (SSSR count). The molecule has 0 spiro atoms. The normalized spacial score (nSPS) is 11.3. The van der Waals surface area contributed by atoms with Gasteiger partial charge in [-0.05, 0) is 66.8 Å². The van der Waals surface area contributed by atoms with Gasteiger partial charge in [0.25, 0.3) is 0 Å². The van der Waals surface area contributed by atoms with Gasteiger partial charge in [-0.2, -0.15) is 5.10 Å². The number of aromatic nitrogens is 2. The second-order valence-electron chi connectivity index (χ2n) is 8.41. The highest BCUT2D eigenvalue weighted by molar-refractivity contribution is 5.87. The molecule has 3 N–H and O–H groups in total. The number of benzene rings is 3. The van der Waals surface area contributed by atoms with Gasteiger partial charge in [0.15, 0.2) is 0 Å². The predicted molar refractivity (Wildman–Crippen MR) is 130 cm³/mol. The number of para-hydroxylation sites is 1. The Morgan fingerprint density at radius 3 is 2.61 bits per heavy atom. The molecule has 0 fully saturated rings. The van der Waals surface area contributed by atoms with E-state index in [0.717, 1.165) is 38.9 Å². The average Bonchev–Trinajstić information content (AvgIpc) is 3.20. The highest BCUT2D eigenvalue weighted by Crippen LogP contribution is 2.30. The quantitative estimate of drug-likeness (QED) is 0.364. The van der Waals surface area contributed by atoms with Crippen molar-refractivity contribution in [1.29, 1.82) is 0 Å². The molecule has 0 bridgehead atoms. The van der Waals surface area contributed by atoms with Crippen molar-refractivity contribution in [1.82, 2.24) is 9.78 Å². The summed E-state index contributed by atoms with van der Waals surface area (Å²) in [5.74, 6) is -0.129. The standard InChI is InChI=1S/C27H29N3O3/c1-18(2)30-25-12-10-22(21-8-5-6-19(14-21)16-28)15-23(25)24(29-30)17-33-26-9-4-3-7-20(26)11-13-27(31)32/h3-10,12,14-15,18H,11,13,16-17,28H2,1-2H3,(H,31,32). The number of hydrogen-bond acceptors (Lipinski definition) is 4. The largest absolute Gasteiger partial charge is 0.487 e. The van der Waals surface area contributed by atoms with E-state index in [0.29, 0.717) is 25.3 Å². The van der Waals surface area contributed by atoms with Crippen molar-refractivity contribution in [2.24, 2.45) is 5.73 Å². The van der Waals surface area contributed by atoms with Crippen molar-refractivity contribution in [2.45, 2.75) is 45.9 Å². The van der Waals surface area contributed by atoms with Crippen LogP contribution in [0.3, 0.4) is 0 Å². The topological polar surface area (TPSA) is 90.4 Å². The van der Waals surface area contributed by atoms with E-state index < -0.39 is 5.97 Å². The zero-order valence-corrected chi connectivity index (χ0v) is 19.0. The van der Waals surface area contributed by atoms with Gasteiger partial charge < -0.3 is 15.6 Å². The average molecular weight is 444 g/mol. The lowest BCUT2D eigenvalue weighted by Crippen LogP contribution is -2.05. The van der Waals surface area contributed by atoms with Crippen LogP contribution >= 0.6 is 0 Å². The molecule has 3 aromatic carbocycles. The van der Waals surface area contributed by atoms with E-state index in [1.54, 1.807) is 0 Å². The summed E-state index contributed by atoms with van der Waals surface area (Å²) in [4.78, 5) is 11.0. The van der Waals surface area contributed by atoms with Gasteiger partial charge in [0.1, 0.15) is 18.1 Å². The molecule has 1 heterocycles. The maximum atomic E-state index is 11.0. The SMILES string of the molecule is CC(C)n1nc(COc2ccccc2CCC(=O)O)c2cc(-c3cccc(CN)c3)ccc21. The summed E-state index contributed by atoms with van der Waals surface area (Å²) in [6.07, 6.45) is 0.491. The van der Waals surface area contributed by atoms with Gasteiger partial charge in [-0.1, -0.05) is 42.5 Å². The minimum absolute atomic E-state index is 0.0660. The number of nitrogens with zero attached hydrogens (tertiary/aromatic N) is 2. The van der Waals surface area contributed by atoms with Crippen LogP contribution in [0.4, 0.5) is 0 Å². The molecule has 0 unspecified atom stereocenters. The van der Waals surface area contributed by atoms with Gasteiger partial charge in [0.2, 0.25) is 0 Å². The number of carboxylic acids is 1. The third-order valence-corrected chi connectivity index (χ3v) is 5.71. The number of aliphatic carboxylic acids is 1. The molecule has 0 aliphatic rings. The lowest BCUT2D eigenvalue weighted by atomic mass is 10.0.